The number of nitrogens with zero attached hydrogens (tertiary/aromatic N) is 1. The number of nitrogens with one attached hydrogen (secondary N) is 2. The Bertz CT molecular complexity index is 926. The van der Waals surface area contributed by atoms with E-state index >= 15 is 0 Å². The van der Waals surface area contributed by atoms with Gasteiger partial charge >= 0.3 is 6.03 Å². The molecular formula is C22H24BrN3O. The van der Waals surface area contributed by atoms with Gasteiger partial charge in [-0.05, 0) is 55.0 Å². The second-order valence-corrected chi connectivity index (χ2v) is 8.19. The minimum atomic E-state index is -0.00283. The van der Waals surface area contributed by atoms with Crippen molar-refractivity contribution >= 4 is 32.9 Å². The molecule has 1 aromatic heterocycles. The third kappa shape index (κ3) is 3.88. The number of para-hydroxylation sites is 1. The highest BCUT2D eigenvalue weighted by molar-refractivity contribution is 9.10. The van der Waals surface area contributed by atoms with Crippen LogP contribution in [0.1, 0.15) is 42.9 Å². The average molecular weight is 426 g/mol. The molecule has 0 saturated carbocycles. The van der Waals surface area contributed by atoms with E-state index in [1.54, 1.807) is 0 Å². The van der Waals surface area contributed by atoms with Crippen LogP contribution < -0.4 is 5.32 Å². The summed E-state index contributed by atoms with van der Waals surface area (Å²) in [4.78, 5) is 18.0. The van der Waals surface area contributed by atoms with Crippen molar-refractivity contribution in [2.45, 2.75) is 31.7 Å². The number of carbonyl (C=O) groups is 1. The number of benzene rings is 2. The number of hydrogen-bond donors (Lipinski definition) is 2. The van der Waals surface area contributed by atoms with Gasteiger partial charge in [-0.15, -0.1) is 0 Å². The monoisotopic (exact) mass is 425 g/mol. The third-order valence-electron chi connectivity index (χ3n) is 5.55. The molecule has 27 heavy (non-hydrogen) atoms. The minimum Gasteiger partial charge on any atom is -0.361 e. The van der Waals surface area contributed by atoms with Crippen molar-refractivity contribution in [3.8, 4) is 0 Å². The van der Waals surface area contributed by atoms with E-state index in [-0.39, 0.29) is 12.1 Å². The predicted octanol–water partition coefficient (Wildman–Crippen LogP) is 5.58. The lowest BCUT2D eigenvalue weighted by Crippen LogP contribution is -2.44. The summed E-state index contributed by atoms with van der Waals surface area (Å²) in [5.41, 5.74) is 3.69. The first-order valence-electron chi connectivity index (χ1n) is 9.49. The number of aromatic amines is 1. The van der Waals surface area contributed by atoms with Crippen molar-refractivity contribution < 1.29 is 4.79 Å². The van der Waals surface area contributed by atoms with Crippen LogP contribution in [-0.4, -0.2) is 29.0 Å². The van der Waals surface area contributed by atoms with Crippen LogP contribution in [0, 0.1) is 0 Å². The lowest BCUT2D eigenvalue weighted by atomic mass is 9.89. The predicted molar refractivity (Wildman–Crippen MR) is 113 cm³/mol. The molecule has 4 nitrogen and oxygen atoms in total. The van der Waals surface area contributed by atoms with Crippen LogP contribution in [0.2, 0.25) is 0 Å². The number of hydrogen-bond acceptors (Lipinski definition) is 1. The molecule has 0 radical (unpaired) electrons. The maximum absolute atomic E-state index is 12.7. The van der Waals surface area contributed by atoms with Gasteiger partial charge in [-0.1, -0.05) is 46.3 Å². The van der Waals surface area contributed by atoms with Crippen LogP contribution in [0.5, 0.6) is 0 Å². The van der Waals surface area contributed by atoms with Crippen LogP contribution in [0.25, 0.3) is 10.9 Å². The molecule has 2 heterocycles. The molecular weight excluding hydrogens is 402 g/mol. The molecule has 2 amide bonds. The molecule has 5 heteroatoms. The van der Waals surface area contributed by atoms with Gasteiger partial charge in [0.15, 0.2) is 0 Å². The van der Waals surface area contributed by atoms with Gasteiger partial charge in [-0.25, -0.2) is 4.79 Å². The molecule has 4 rings (SSSR count). The molecule has 1 unspecified atom stereocenters. The van der Waals surface area contributed by atoms with Crippen LogP contribution >= 0.6 is 15.9 Å². The highest BCUT2D eigenvalue weighted by atomic mass is 79.9. The van der Waals surface area contributed by atoms with Crippen LogP contribution in [0.4, 0.5) is 4.79 Å². The zero-order chi connectivity index (χ0) is 18.8. The maximum atomic E-state index is 12.7. The van der Waals surface area contributed by atoms with Crippen molar-refractivity contribution in [3.63, 3.8) is 0 Å². The zero-order valence-corrected chi connectivity index (χ0v) is 17.0. The smallest absolute Gasteiger partial charge is 0.317 e. The van der Waals surface area contributed by atoms with Gasteiger partial charge in [-0.2, -0.15) is 0 Å². The number of H-pyrrole nitrogens is 1. The Kier molecular flexibility index (Phi) is 5.21. The molecule has 1 aliphatic heterocycles. The van der Waals surface area contributed by atoms with E-state index in [0.29, 0.717) is 5.92 Å². The quantitative estimate of drug-likeness (QED) is 0.564. The number of amides is 2. The van der Waals surface area contributed by atoms with E-state index in [1.165, 1.54) is 16.5 Å². The number of aromatic nitrogens is 1. The van der Waals surface area contributed by atoms with Crippen molar-refractivity contribution in [2.75, 3.05) is 13.1 Å². The average Bonchev–Trinajstić information content (AvgIpc) is 3.12. The summed E-state index contributed by atoms with van der Waals surface area (Å²) < 4.78 is 1.05. The number of piperidine rings is 1. The number of fused-ring (bicyclic) bond motifs is 1. The second kappa shape index (κ2) is 7.77. The Hall–Kier alpha value is -2.27. The van der Waals surface area contributed by atoms with Gasteiger partial charge < -0.3 is 15.2 Å². The van der Waals surface area contributed by atoms with Crippen molar-refractivity contribution in [3.05, 3.63) is 70.3 Å². The summed E-state index contributed by atoms with van der Waals surface area (Å²) in [6.07, 6.45) is 4.14. The van der Waals surface area contributed by atoms with Gasteiger partial charge in [0.05, 0.1) is 6.04 Å². The van der Waals surface area contributed by atoms with Gasteiger partial charge in [0.1, 0.15) is 0 Å². The molecule has 1 atom stereocenters. The summed E-state index contributed by atoms with van der Waals surface area (Å²) in [6.45, 7) is 3.62. The summed E-state index contributed by atoms with van der Waals surface area (Å²) in [5, 5.41) is 4.44. The molecule has 0 bridgehead atoms. The highest BCUT2D eigenvalue weighted by Crippen LogP contribution is 2.33. The summed E-state index contributed by atoms with van der Waals surface area (Å²) >= 11 is 3.45. The Balaban J connectivity index is 1.36. The van der Waals surface area contributed by atoms with Crippen LogP contribution in [-0.2, 0) is 0 Å². The molecule has 2 N–H and O–H groups in total. The molecule has 1 fully saturated rings. The molecule has 3 aromatic rings. The number of halogens is 1. The van der Waals surface area contributed by atoms with Crippen molar-refractivity contribution in [1.82, 2.24) is 15.2 Å². The van der Waals surface area contributed by atoms with E-state index in [2.05, 4.69) is 56.7 Å². The minimum absolute atomic E-state index is 0.00283. The topological polar surface area (TPSA) is 48.1 Å². The maximum Gasteiger partial charge on any atom is 0.317 e. The molecule has 140 valence electrons. The summed E-state index contributed by atoms with van der Waals surface area (Å²) in [6, 6.07) is 16.6. The van der Waals surface area contributed by atoms with E-state index < -0.39 is 0 Å². The fraction of sp³-hybridized carbons (Fsp3) is 0.318. The largest absolute Gasteiger partial charge is 0.361 e. The van der Waals surface area contributed by atoms with Crippen LogP contribution in [0.15, 0.2) is 59.2 Å². The fourth-order valence-electron chi connectivity index (χ4n) is 3.94. The Morgan fingerprint density at radius 1 is 1.15 bits per heavy atom. The van der Waals surface area contributed by atoms with Gasteiger partial charge in [0, 0.05) is 34.7 Å². The van der Waals surface area contributed by atoms with E-state index in [1.807, 2.05) is 36.1 Å². The lowest BCUT2D eigenvalue weighted by molar-refractivity contribution is 0.178. The summed E-state index contributed by atoms with van der Waals surface area (Å²) in [7, 11) is 0. The zero-order valence-electron chi connectivity index (χ0n) is 15.4. The highest BCUT2D eigenvalue weighted by Gasteiger charge is 2.26. The van der Waals surface area contributed by atoms with Crippen molar-refractivity contribution in [1.29, 1.82) is 0 Å². The Morgan fingerprint density at radius 3 is 2.59 bits per heavy atom. The number of urea groups is 1. The first-order valence-corrected chi connectivity index (χ1v) is 10.3. The molecule has 1 aliphatic rings. The molecule has 2 aromatic carbocycles. The Morgan fingerprint density at radius 2 is 1.85 bits per heavy atom. The summed E-state index contributed by atoms with van der Waals surface area (Å²) in [5.74, 6) is 0.508. The molecule has 1 saturated heterocycles. The number of rotatable bonds is 3. The fourth-order valence-corrected chi connectivity index (χ4v) is 4.20. The van der Waals surface area contributed by atoms with Crippen molar-refractivity contribution in [2.24, 2.45) is 0 Å². The second-order valence-electron chi connectivity index (χ2n) is 7.27. The van der Waals surface area contributed by atoms with Crippen LogP contribution in [0.3, 0.4) is 0 Å². The van der Waals surface area contributed by atoms with Gasteiger partial charge in [-0.3, -0.25) is 0 Å². The van der Waals surface area contributed by atoms with Gasteiger partial charge in [0.2, 0.25) is 0 Å². The Labute approximate surface area is 168 Å². The first-order chi connectivity index (χ1) is 13.1. The standard InChI is InChI=1S/C22H24BrN3O/c1-15(16-6-8-18(23)9-7-16)25-22(27)26-12-10-17(11-13-26)20-14-24-21-5-3-2-4-19(20)21/h2-9,14-15,17,24H,10-13H2,1H3,(H,25,27). The van der Waals surface area contributed by atoms with E-state index in [9.17, 15) is 4.79 Å². The van der Waals surface area contributed by atoms with E-state index in [0.717, 1.165) is 36.0 Å². The molecule has 0 spiro atoms. The molecule has 0 aliphatic carbocycles. The van der Waals surface area contributed by atoms with E-state index in [4.69, 9.17) is 0 Å². The third-order valence-corrected chi connectivity index (χ3v) is 6.08. The lowest BCUT2D eigenvalue weighted by Gasteiger charge is -2.33. The number of carbonyl (C=O) groups excluding carboxylic acids is 1. The first kappa shape index (κ1) is 18.1. The number of likely N-dealkylation sites (tertiary alicyclic amines) is 1. The normalized spacial score (nSPS) is 16.4. The SMILES string of the molecule is CC(NC(=O)N1CCC(c2c[nH]c3ccccc23)CC1)c1ccc(Br)cc1. The van der Waals surface area contributed by atoms with Gasteiger partial charge in [0.25, 0.3) is 0 Å².